The lowest BCUT2D eigenvalue weighted by atomic mass is 9.83. The van der Waals surface area contributed by atoms with E-state index in [1.54, 1.807) is 31.1 Å². The molecule has 34 heavy (non-hydrogen) atoms. The second-order valence-corrected chi connectivity index (χ2v) is 8.92. The van der Waals surface area contributed by atoms with Gasteiger partial charge in [0.1, 0.15) is 5.75 Å². The first-order chi connectivity index (χ1) is 16.4. The van der Waals surface area contributed by atoms with Crippen molar-refractivity contribution in [1.29, 1.82) is 0 Å². The van der Waals surface area contributed by atoms with Crippen molar-refractivity contribution in [3.05, 3.63) is 53.2 Å². The third kappa shape index (κ3) is 3.28. The molecule has 0 saturated carbocycles. The molecule has 2 aliphatic rings. The first-order valence-electron chi connectivity index (χ1n) is 11.4. The van der Waals surface area contributed by atoms with E-state index in [2.05, 4.69) is 4.98 Å². The minimum Gasteiger partial charge on any atom is -0.497 e. The summed E-state index contributed by atoms with van der Waals surface area (Å²) in [5.41, 5.74) is 2.77. The van der Waals surface area contributed by atoms with Crippen molar-refractivity contribution >= 4 is 22.7 Å². The van der Waals surface area contributed by atoms with Gasteiger partial charge in [-0.25, -0.2) is 0 Å². The lowest BCUT2D eigenvalue weighted by Gasteiger charge is -2.49. The second kappa shape index (κ2) is 8.27. The molecule has 1 N–H and O–H groups in total. The van der Waals surface area contributed by atoms with Crippen LogP contribution in [0.4, 0.5) is 0 Å². The van der Waals surface area contributed by atoms with E-state index in [0.717, 1.165) is 33.5 Å². The molecule has 2 aromatic carbocycles. The molecule has 1 unspecified atom stereocenters. The van der Waals surface area contributed by atoms with Crippen LogP contribution in [0.1, 0.15) is 23.7 Å². The summed E-state index contributed by atoms with van der Waals surface area (Å²) >= 11 is 0. The number of nitrogens with one attached hydrogen (secondary N) is 1. The molecule has 3 heterocycles. The Kier molecular flexibility index (Phi) is 5.38. The van der Waals surface area contributed by atoms with Crippen molar-refractivity contribution in [3.8, 4) is 17.2 Å². The number of H-pyrrole nitrogens is 1. The average molecular weight is 464 g/mol. The molecular weight excluding hydrogens is 434 g/mol. The number of carbonyl (C=O) groups excluding carboxylic acids is 2. The Morgan fingerprint density at radius 1 is 1.00 bits per heavy atom. The Morgan fingerprint density at radius 3 is 2.53 bits per heavy atom. The number of methoxy groups -OCH3 is 3. The van der Waals surface area contributed by atoms with Crippen LogP contribution in [0.25, 0.3) is 10.9 Å². The van der Waals surface area contributed by atoms with Crippen molar-refractivity contribution in [2.75, 3.05) is 41.0 Å². The van der Waals surface area contributed by atoms with E-state index in [1.165, 1.54) is 0 Å². The minimum atomic E-state index is -1.06. The van der Waals surface area contributed by atoms with Gasteiger partial charge >= 0.3 is 0 Å². The number of ether oxygens (including phenoxy) is 3. The molecule has 2 aliphatic heterocycles. The van der Waals surface area contributed by atoms with Gasteiger partial charge in [-0.15, -0.1) is 0 Å². The average Bonchev–Trinajstić information content (AvgIpc) is 3.24. The molecule has 3 aromatic rings. The predicted octanol–water partition coefficient (Wildman–Crippen LogP) is 2.88. The van der Waals surface area contributed by atoms with Gasteiger partial charge in [-0.3, -0.25) is 9.59 Å². The quantitative estimate of drug-likeness (QED) is 0.608. The van der Waals surface area contributed by atoms with Crippen LogP contribution in [0.5, 0.6) is 17.2 Å². The molecule has 1 saturated heterocycles. The maximum atomic E-state index is 13.9. The number of hydrogen-bond donors (Lipinski definition) is 1. The van der Waals surface area contributed by atoms with E-state index in [4.69, 9.17) is 14.2 Å². The molecule has 1 atom stereocenters. The zero-order valence-electron chi connectivity index (χ0n) is 19.9. The Morgan fingerprint density at radius 2 is 1.79 bits per heavy atom. The highest BCUT2D eigenvalue weighted by Crippen LogP contribution is 2.42. The number of piperazine rings is 1. The van der Waals surface area contributed by atoms with Gasteiger partial charge in [0.05, 0.1) is 33.6 Å². The molecule has 2 amide bonds. The summed E-state index contributed by atoms with van der Waals surface area (Å²) in [5, 5.41) is 1.04. The predicted molar refractivity (Wildman–Crippen MR) is 127 cm³/mol. The molecule has 8 nitrogen and oxygen atoms in total. The first kappa shape index (κ1) is 22.1. The van der Waals surface area contributed by atoms with E-state index in [9.17, 15) is 9.59 Å². The number of amides is 2. The smallest absolute Gasteiger partial charge is 0.254 e. The molecule has 0 radical (unpaired) electrons. The van der Waals surface area contributed by atoms with Gasteiger partial charge in [-0.1, -0.05) is 6.07 Å². The van der Waals surface area contributed by atoms with Crippen LogP contribution in [0.15, 0.2) is 36.4 Å². The summed E-state index contributed by atoms with van der Waals surface area (Å²) in [6.07, 6.45) is 1.30. The zero-order valence-corrected chi connectivity index (χ0v) is 19.9. The highest BCUT2D eigenvalue weighted by Gasteiger charge is 2.53. The summed E-state index contributed by atoms with van der Waals surface area (Å²) in [5.74, 6) is 1.97. The largest absolute Gasteiger partial charge is 0.497 e. The number of aromatic nitrogens is 1. The van der Waals surface area contributed by atoms with E-state index >= 15 is 0 Å². The third-order valence-corrected chi connectivity index (χ3v) is 7.17. The standard InChI is InChI=1S/C26H29N3O5/c1-26-24-18(19-14-17(32-2)6-7-20(19)27-24)10-12-29(26)23(30)15-28(25(26)31)11-9-16-5-8-21(33-3)22(13-16)34-4/h5-8,13-14,27H,9-12,15H2,1-4H3. The van der Waals surface area contributed by atoms with Crippen molar-refractivity contribution in [1.82, 2.24) is 14.8 Å². The van der Waals surface area contributed by atoms with Crippen LogP contribution in [-0.2, 0) is 28.0 Å². The third-order valence-electron chi connectivity index (χ3n) is 7.17. The monoisotopic (exact) mass is 463 g/mol. The van der Waals surface area contributed by atoms with Gasteiger partial charge in [0.15, 0.2) is 17.0 Å². The Bertz CT molecular complexity index is 1280. The summed E-state index contributed by atoms with van der Waals surface area (Å²) in [6.45, 7) is 2.90. The van der Waals surface area contributed by atoms with Crippen LogP contribution in [0.3, 0.4) is 0 Å². The molecule has 8 heteroatoms. The van der Waals surface area contributed by atoms with Crippen LogP contribution in [0, 0.1) is 0 Å². The topological polar surface area (TPSA) is 84.1 Å². The first-order valence-corrected chi connectivity index (χ1v) is 11.4. The number of fused-ring (bicyclic) bond motifs is 5. The molecular formula is C26H29N3O5. The maximum Gasteiger partial charge on any atom is 0.254 e. The summed E-state index contributed by atoms with van der Waals surface area (Å²) in [4.78, 5) is 33.9. The molecule has 1 aromatic heterocycles. The van der Waals surface area contributed by atoms with Crippen LogP contribution < -0.4 is 14.2 Å². The fourth-order valence-corrected chi connectivity index (χ4v) is 5.32. The van der Waals surface area contributed by atoms with Crippen molar-refractivity contribution < 1.29 is 23.8 Å². The molecule has 0 spiro atoms. The van der Waals surface area contributed by atoms with Crippen molar-refractivity contribution in [3.63, 3.8) is 0 Å². The van der Waals surface area contributed by atoms with Crippen LogP contribution in [0.2, 0.25) is 0 Å². The van der Waals surface area contributed by atoms with Gasteiger partial charge in [-0.2, -0.15) is 0 Å². The molecule has 1 fully saturated rings. The normalized spacial score (nSPS) is 19.8. The van der Waals surface area contributed by atoms with E-state index in [0.29, 0.717) is 37.4 Å². The lowest BCUT2D eigenvalue weighted by molar-refractivity contribution is -0.165. The Balaban J connectivity index is 1.46. The molecule has 178 valence electrons. The second-order valence-electron chi connectivity index (χ2n) is 8.92. The van der Waals surface area contributed by atoms with E-state index in [-0.39, 0.29) is 18.4 Å². The number of hydrogen-bond acceptors (Lipinski definition) is 5. The molecule has 0 bridgehead atoms. The SMILES string of the molecule is COc1ccc2[nH]c3c(c2c1)CCN1C(=O)CN(CCc2ccc(OC)c(OC)c2)C(=O)C31C. The number of benzene rings is 2. The molecule has 0 aliphatic carbocycles. The van der Waals surface area contributed by atoms with Gasteiger partial charge in [0.25, 0.3) is 5.91 Å². The van der Waals surface area contributed by atoms with E-state index in [1.807, 2.05) is 43.3 Å². The summed E-state index contributed by atoms with van der Waals surface area (Å²) in [6, 6.07) is 11.6. The number of nitrogens with zero attached hydrogens (tertiary/aromatic N) is 2. The number of carbonyl (C=O) groups is 2. The maximum absolute atomic E-state index is 13.9. The Labute approximate surface area is 198 Å². The summed E-state index contributed by atoms with van der Waals surface area (Å²) in [7, 11) is 4.84. The van der Waals surface area contributed by atoms with Gasteiger partial charge in [-0.05, 0) is 61.2 Å². The summed E-state index contributed by atoms with van der Waals surface area (Å²) < 4.78 is 16.1. The van der Waals surface area contributed by atoms with E-state index < -0.39 is 5.54 Å². The minimum absolute atomic E-state index is 0.0312. The van der Waals surface area contributed by atoms with Gasteiger partial charge < -0.3 is 29.0 Å². The Hall–Kier alpha value is -3.68. The van der Waals surface area contributed by atoms with Crippen molar-refractivity contribution in [2.24, 2.45) is 0 Å². The lowest BCUT2D eigenvalue weighted by Crippen LogP contribution is -2.67. The fraction of sp³-hybridized carbons (Fsp3) is 0.385. The number of aromatic amines is 1. The highest BCUT2D eigenvalue weighted by atomic mass is 16.5. The number of rotatable bonds is 6. The van der Waals surface area contributed by atoms with Crippen molar-refractivity contribution in [2.45, 2.75) is 25.3 Å². The van der Waals surface area contributed by atoms with Gasteiger partial charge in [0, 0.05) is 24.0 Å². The van der Waals surface area contributed by atoms with Crippen LogP contribution in [-0.4, -0.2) is 67.6 Å². The highest BCUT2D eigenvalue weighted by molar-refractivity contribution is 6.00. The van der Waals surface area contributed by atoms with Crippen LogP contribution >= 0.6 is 0 Å². The van der Waals surface area contributed by atoms with Gasteiger partial charge in [0.2, 0.25) is 5.91 Å². The fourth-order valence-electron chi connectivity index (χ4n) is 5.32. The zero-order chi connectivity index (χ0) is 24.0. The molecule has 5 rings (SSSR count).